The predicted octanol–water partition coefficient (Wildman–Crippen LogP) is 22.8. The quantitative estimate of drug-likeness (QED) is 0.0128. The molecule has 0 rings (SSSR count). The Morgan fingerprint density at radius 1 is 0.290 bits per heavy atom. The Morgan fingerprint density at radius 3 is 0.890 bits per heavy atom. The number of esters is 4. The minimum absolute atomic E-state index is 0.0155. The van der Waals surface area contributed by atoms with Gasteiger partial charge in [0.05, 0.1) is 26.4 Å². The average molecular weight is 1450 g/mol. The van der Waals surface area contributed by atoms with Crippen molar-refractivity contribution in [3.05, 3.63) is 97.2 Å². The number of allylic oxidation sites excluding steroid dienone is 16. The van der Waals surface area contributed by atoms with Crippen LogP contribution in [0.4, 0.5) is 0 Å². The number of rotatable bonds is 74. The van der Waals surface area contributed by atoms with E-state index in [1.807, 2.05) is 12.2 Å². The number of carbonyl (C=O) groups excluding carboxylic acids is 4. The molecule has 0 spiro atoms. The molecule has 0 aliphatic rings. The molecule has 100 heavy (non-hydrogen) atoms. The van der Waals surface area contributed by atoms with Gasteiger partial charge in [0.1, 0.15) is 19.3 Å². The van der Waals surface area contributed by atoms with E-state index in [2.05, 4.69) is 113 Å². The van der Waals surface area contributed by atoms with E-state index in [0.29, 0.717) is 32.1 Å². The van der Waals surface area contributed by atoms with E-state index in [1.54, 1.807) is 0 Å². The van der Waals surface area contributed by atoms with Crippen LogP contribution < -0.4 is 0 Å². The smallest absolute Gasteiger partial charge is 0.462 e. The molecule has 0 heterocycles. The molecule has 5 atom stereocenters. The van der Waals surface area contributed by atoms with Gasteiger partial charge in [0.2, 0.25) is 0 Å². The topological polar surface area (TPSA) is 237 Å². The monoisotopic (exact) mass is 1450 g/mol. The second kappa shape index (κ2) is 73.3. The van der Waals surface area contributed by atoms with Gasteiger partial charge in [-0.15, -0.1) is 0 Å². The number of aliphatic hydroxyl groups is 1. The van der Waals surface area contributed by atoms with Gasteiger partial charge in [0.25, 0.3) is 0 Å². The summed E-state index contributed by atoms with van der Waals surface area (Å²) < 4.78 is 68.5. The summed E-state index contributed by atoms with van der Waals surface area (Å²) in [4.78, 5) is 72.9. The molecule has 19 heteroatoms. The molecule has 0 aromatic rings. The molecule has 17 nitrogen and oxygen atoms in total. The van der Waals surface area contributed by atoms with Crippen LogP contribution >= 0.6 is 15.6 Å². The van der Waals surface area contributed by atoms with Crippen molar-refractivity contribution in [2.24, 2.45) is 0 Å². The van der Waals surface area contributed by atoms with Crippen molar-refractivity contribution in [3.63, 3.8) is 0 Å². The summed E-state index contributed by atoms with van der Waals surface area (Å²) in [5.74, 6) is -2.26. The number of hydrogen-bond donors (Lipinski definition) is 3. The first-order valence-electron chi connectivity index (χ1n) is 39.5. The lowest BCUT2D eigenvalue weighted by molar-refractivity contribution is -0.161. The van der Waals surface area contributed by atoms with E-state index in [9.17, 15) is 43.2 Å². The van der Waals surface area contributed by atoms with Gasteiger partial charge < -0.3 is 33.8 Å². The molecular formula is C81H142O17P2. The van der Waals surface area contributed by atoms with E-state index in [-0.39, 0.29) is 25.7 Å². The van der Waals surface area contributed by atoms with Crippen LogP contribution in [0.1, 0.15) is 336 Å². The van der Waals surface area contributed by atoms with Gasteiger partial charge in [0.15, 0.2) is 12.2 Å². The maximum atomic E-state index is 13.1. The van der Waals surface area contributed by atoms with E-state index >= 15 is 0 Å². The number of carbonyl (C=O) groups is 4. The molecule has 0 aliphatic heterocycles. The highest BCUT2D eigenvalue weighted by Crippen LogP contribution is 2.45. The Morgan fingerprint density at radius 2 is 0.530 bits per heavy atom. The number of phosphoric acid groups is 2. The van der Waals surface area contributed by atoms with Gasteiger partial charge in [-0.25, -0.2) is 9.13 Å². The van der Waals surface area contributed by atoms with Gasteiger partial charge in [0, 0.05) is 25.7 Å². The summed E-state index contributed by atoms with van der Waals surface area (Å²) in [5.41, 5.74) is 0. The Bertz CT molecular complexity index is 2270. The molecule has 0 aliphatic carbocycles. The van der Waals surface area contributed by atoms with Crippen LogP contribution in [0.2, 0.25) is 0 Å². The third-order valence-corrected chi connectivity index (χ3v) is 18.4. The Hall–Kier alpha value is -4.02. The Balaban J connectivity index is 5.42. The van der Waals surface area contributed by atoms with Crippen LogP contribution in [0.3, 0.4) is 0 Å². The summed E-state index contributed by atoms with van der Waals surface area (Å²) in [6.45, 7) is 4.73. The summed E-state index contributed by atoms with van der Waals surface area (Å²) >= 11 is 0. The summed E-state index contributed by atoms with van der Waals surface area (Å²) in [7, 11) is -9.97. The molecule has 2 unspecified atom stereocenters. The maximum absolute atomic E-state index is 13.1. The molecule has 0 fully saturated rings. The number of ether oxygens (including phenoxy) is 4. The van der Waals surface area contributed by atoms with Gasteiger partial charge in [-0.1, -0.05) is 266 Å². The van der Waals surface area contributed by atoms with Gasteiger partial charge in [-0.3, -0.25) is 37.3 Å². The fourth-order valence-corrected chi connectivity index (χ4v) is 12.0. The van der Waals surface area contributed by atoms with Crippen molar-refractivity contribution >= 4 is 39.5 Å². The third kappa shape index (κ3) is 72.3. The van der Waals surface area contributed by atoms with Gasteiger partial charge >= 0.3 is 39.5 Å². The van der Waals surface area contributed by atoms with Crippen LogP contribution in [-0.4, -0.2) is 96.7 Å². The number of aliphatic hydroxyl groups excluding tert-OH is 1. The van der Waals surface area contributed by atoms with E-state index in [0.717, 1.165) is 141 Å². The van der Waals surface area contributed by atoms with Crippen LogP contribution in [0.25, 0.3) is 0 Å². The molecule has 0 amide bonds. The lowest BCUT2D eigenvalue weighted by Crippen LogP contribution is -2.30. The molecule has 0 aromatic carbocycles. The summed E-state index contributed by atoms with van der Waals surface area (Å²) in [6, 6.07) is 0. The third-order valence-electron chi connectivity index (χ3n) is 16.5. The lowest BCUT2D eigenvalue weighted by Gasteiger charge is -2.21. The minimum atomic E-state index is -4.99. The largest absolute Gasteiger partial charge is 0.472 e. The fourth-order valence-electron chi connectivity index (χ4n) is 10.4. The zero-order valence-corrected chi connectivity index (χ0v) is 64.9. The minimum Gasteiger partial charge on any atom is -0.462 e. The molecule has 0 saturated heterocycles. The normalized spacial score (nSPS) is 14.4. The predicted molar refractivity (Wildman–Crippen MR) is 409 cm³/mol. The highest BCUT2D eigenvalue weighted by Gasteiger charge is 2.30. The summed E-state index contributed by atoms with van der Waals surface area (Å²) in [5, 5.41) is 10.6. The second-order valence-corrected chi connectivity index (χ2v) is 29.2. The van der Waals surface area contributed by atoms with E-state index < -0.39 is 97.5 Å². The lowest BCUT2D eigenvalue weighted by atomic mass is 10.1. The van der Waals surface area contributed by atoms with Crippen molar-refractivity contribution in [2.75, 3.05) is 39.6 Å². The van der Waals surface area contributed by atoms with E-state index in [4.69, 9.17) is 37.0 Å². The molecule has 3 N–H and O–H groups in total. The molecule has 578 valence electrons. The zero-order valence-electron chi connectivity index (χ0n) is 63.1. The van der Waals surface area contributed by atoms with Crippen molar-refractivity contribution in [1.29, 1.82) is 0 Å². The number of phosphoric ester groups is 2. The summed E-state index contributed by atoms with van der Waals surface area (Å²) in [6.07, 6.45) is 76.8. The number of hydrogen-bond acceptors (Lipinski definition) is 15. The van der Waals surface area contributed by atoms with Gasteiger partial charge in [-0.05, 0) is 141 Å². The first-order chi connectivity index (χ1) is 48.7. The van der Waals surface area contributed by atoms with Crippen LogP contribution in [-0.2, 0) is 65.4 Å². The standard InChI is InChI=1S/C81H142O17P2/c1-5-9-13-17-21-25-29-33-36-37-40-44-48-52-56-60-64-68-81(86)98-77(72-92-79(84)66-62-58-54-50-46-42-38-34-30-26-22-18-14-10-6-2)74-96-100(89,90)94-70-75(82)69-93-99(87,88)95-73-76(71-91-78(83)65-61-57-53-49-45-41-32-28-24-20-16-12-8-4)97-80(85)67-63-59-55-51-47-43-39-35-31-27-23-19-15-11-7-3/h21,25-26,28,30,32-36,38-40,44,52,56,75-77,82H,5-20,22-24,27,29,31,37,41-43,45-51,53-55,57-74H2,1-4H3,(H,87,88)(H,89,90)/b25-21-,30-26-,32-28-,36-33-,38-34-,39-35-,44-40-,56-52-/t75-,76+,77+/m0/s1. The first kappa shape index (κ1) is 96.0. The second-order valence-electron chi connectivity index (χ2n) is 26.3. The average Bonchev–Trinajstić information content (AvgIpc) is 1.22. The maximum Gasteiger partial charge on any atom is 0.472 e. The SMILES string of the molecule is CCCCC/C=C\C/C=C\C/C=C\C/C=C\CCCC(=O)O[C@H](COC(=O)CCCCCCC/C=C\C=C/CCCCCC)COP(=O)(O)OC[C@@H](O)COP(=O)(O)OC[C@@H](COC(=O)CCCCCCC/C=C\CCCCCC)OC(=O)CCCCCCC/C=C\CCCCCCCC. The highest BCUT2D eigenvalue weighted by atomic mass is 31.2. The molecular weight excluding hydrogens is 1310 g/mol. The Labute approximate surface area is 607 Å². The fraction of sp³-hybridized carbons (Fsp3) is 0.753. The first-order valence-corrected chi connectivity index (χ1v) is 42.5. The molecule has 0 saturated carbocycles. The molecule has 0 bridgehead atoms. The van der Waals surface area contributed by atoms with Crippen LogP contribution in [0.5, 0.6) is 0 Å². The van der Waals surface area contributed by atoms with Crippen molar-refractivity contribution in [2.45, 2.75) is 354 Å². The highest BCUT2D eigenvalue weighted by molar-refractivity contribution is 7.47. The zero-order chi connectivity index (χ0) is 73.2. The van der Waals surface area contributed by atoms with Crippen molar-refractivity contribution < 1.29 is 80.2 Å². The van der Waals surface area contributed by atoms with Crippen molar-refractivity contribution in [3.8, 4) is 0 Å². The van der Waals surface area contributed by atoms with Crippen LogP contribution in [0, 0.1) is 0 Å². The molecule has 0 aromatic heterocycles. The van der Waals surface area contributed by atoms with Crippen LogP contribution in [0.15, 0.2) is 97.2 Å². The Kier molecular flexibility index (Phi) is 70.4. The molecule has 0 radical (unpaired) electrons. The van der Waals surface area contributed by atoms with Crippen molar-refractivity contribution in [1.82, 2.24) is 0 Å². The number of unbranched alkanes of at least 4 members (excludes halogenated alkanes) is 33. The van der Waals surface area contributed by atoms with E-state index in [1.165, 1.54) is 109 Å². The van der Waals surface area contributed by atoms with Gasteiger partial charge in [-0.2, -0.15) is 0 Å².